The predicted molar refractivity (Wildman–Crippen MR) is 76.3 cm³/mol. The van der Waals surface area contributed by atoms with Gasteiger partial charge < -0.3 is 19.7 Å². The Kier molecular flexibility index (Phi) is 5.34. The van der Waals surface area contributed by atoms with Crippen LogP contribution in [0, 0.1) is 0 Å². The summed E-state index contributed by atoms with van der Waals surface area (Å²) in [6, 6.07) is 1.30. The highest BCUT2D eigenvalue weighted by Gasteiger charge is 2.25. The van der Waals surface area contributed by atoms with Crippen LogP contribution in [0.2, 0.25) is 0 Å². The third kappa shape index (κ3) is 4.48. The largest absolute Gasteiger partial charge is 0.467 e. The van der Waals surface area contributed by atoms with Crippen molar-refractivity contribution in [2.75, 3.05) is 39.2 Å². The molecule has 2 rings (SSSR count). The Morgan fingerprint density at radius 3 is 2.65 bits per heavy atom. The van der Waals surface area contributed by atoms with Crippen LogP contribution in [0.1, 0.15) is 26.2 Å². The van der Waals surface area contributed by atoms with Gasteiger partial charge in [0.1, 0.15) is 6.61 Å². The smallest absolute Gasteiger partial charge is 0.324 e. The van der Waals surface area contributed by atoms with E-state index < -0.39 is 0 Å². The van der Waals surface area contributed by atoms with E-state index in [1.54, 1.807) is 0 Å². The van der Waals surface area contributed by atoms with Crippen LogP contribution in [0.5, 0.6) is 12.0 Å². The van der Waals surface area contributed by atoms with Gasteiger partial charge in [-0.1, -0.05) is 6.92 Å². The summed E-state index contributed by atoms with van der Waals surface area (Å²) in [5, 5.41) is 3.10. The van der Waals surface area contributed by atoms with Crippen LogP contribution in [0.25, 0.3) is 0 Å². The van der Waals surface area contributed by atoms with Crippen molar-refractivity contribution >= 4 is 5.95 Å². The number of hydrogen-bond acceptors (Lipinski definition) is 7. The average Bonchev–Trinajstić information content (AvgIpc) is 3.29. The van der Waals surface area contributed by atoms with Gasteiger partial charge in [-0.2, -0.15) is 9.97 Å². The molecule has 7 nitrogen and oxygen atoms in total. The van der Waals surface area contributed by atoms with Gasteiger partial charge >= 0.3 is 12.0 Å². The highest BCUT2D eigenvalue weighted by Crippen LogP contribution is 2.24. The van der Waals surface area contributed by atoms with Gasteiger partial charge in [-0.3, -0.25) is 0 Å². The lowest BCUT2D eigenvalue weighted by molar-refractivity contribution is 0.217. The zero-order valence-electron chi connectivity index (χ0n) is 12.4. The van der Waals surface area contributed by atoms with Crippen molar-refractivity contribution in [1.29, 1.82) is 0 Å². The summed E-state index contributed by atoms with van der Waals surface area (Å²) >= 11 is 0. The minimum atomic E-state index is 0.268. The zero-order valence-corrected chi connectivity index (χ0v) is 12.4. The molecule has 1 N–H and O–H groups in total. The molecule has 1 heterocycles. The molecule has 1 aromatic rings. The van der Waals surface area contributed by atoms with Crippen molar-refractivity contribution in [3.05, 3.63) is 0 Å². The zero-order chi connectivity index (χ0) is 14.4. The quantitative estimate of drug-likeness (QED) is 0.728. The Morgan fingerprint density at radius 2 is 2.00 bits per heavy atom. The van der Waals surface area contributed by atoms with Crippen LogP contribution in [-0.2, 0) is 0 Å². The lowest BCUT2D eigenvalue weighted by Crippen LogP contribution is -2.26. The maximum Gasteiger partial charge on any atom is 0.324 e. The number of hydrogen-bond donors (Lipinski definition) is 1. The molecule has 1 fully saturated rings. The minimum absolute atomic E-state index is 0.268. The van der Waals surface area contributed by atoms with E-state index in [2.05, 4.69) is 39.1 Å². The van der Waals surface area contributed by atoms with Gasteiger partial charge in [0.25, 0.3) is 0 Å². The van der Waals surface area contributed by atoms with Gasteiger partial charge in [0, 0.05) is 19.1 Å². The predicted octanol–water partition coefficient (Wildman–Crippen LogP) is 1.18. The van der Waals surface area contributed by atoms with Crippen LogP contribution >= 0.6 is 0 Å². The third-order valence-electron chi connectivity index (χ3n) is 3.16. The summed E-state index contributed by atoms with van der Waals surface area (Å²) < 4.78 is 10.7. The fourth-order valence-electron chi connectivity index (χ4n) is 1.79. The molecule has 0 atom stereocenters. The molecule has 0 saturated heterocycles. The van der Waals surface area contributed by atoms with E-state index in [9.17, 15) is 0 Å². The SMILES string of the molecule is CCCNc1nc(OC)nc(OCCN(C)C2CC2)n1. The van der Waals surface area contributed by atoms with Gasteiger partial charge in [0.15, 0.2) is 0 Å². The van der Waals surface area contributed by atoms with Gasteiger partial charge in [0.05, 0.1) is 7.11 Å². The maximum absolute atomic E-state index is 5.59. The first kappa shape index (κ1) is 14.8. The van der Waals surface area contributed by atoms with E-state index in [0.29, 0.717) is 18.6 Å². The second-order valence-electron chi connectivity index (χ2n) is 4.92. The highest BCUT2D eigenvalue weighted by molar-refractivity contribution is 5.27. The van der Waals surface area contributed by atoms with Gasteiger partial charge in [-0.15, -0.1) is 4.98 Å². The Labute approximate surface area is 119 Å². The first-order valence-corrected chi connectivity index (χ1v) is 7.10. The molecule has 0 aliphatic heterocycles. The lowest BCUT2D eigenvalue weighted by Gasteiger charge is -2.15. The molecular formula is C13H23N5O2. The number of nitrogens with zero attached hydrogens (tertiary/aromatic N) is 4. The topological polar surface area (TPSA) is 72.4 Å². The van der Waals surface area contributed by atoms with E-state index in [-0.39, 0.29) is 6.01 Å². The average molecular weight is 281 g/mol. The molecule has 0 bridgehead atoms. The lowest BCUT2D eigenvalue weighted by atomic mass is 10.5. The fraction of sp³-hybridized carbons (Fsp3) is 0.769. The molecule has 0 spiro atoms. The van der Waals surface area contributed by atoms with Crippen LogP contribution in [0.15, 0.2) is 0 Å². The second-order valence-corrected chi connectivity index (χ2v) is 4.92. The Hall–Kier alpha value is -1.63. The number of ether oxygens (including phenoxy) is 2. The van der Waals surface area contributed by atoms with Crippen molar-refractivity contribution in [1.82, 2.24) is 19.9 Å². The number of rotatable bonds is 9. The molecule has 1 aromatic heterocycles. The van der Waals surface area contributed by atoms with Crippen molar-refractivity contribution in [2.24, 2.45) is 0 Å². The molecule has 20 heavy (non-hydrogen) atoms. The standard InChI is InChI=1S/C13H23N5O2/c1-4-7-14-11-15-12(19-3)17-13(16-11)20-9-8-18(2)10-5-6-10/h10H,4-9H2,1-3H3,(H,14,15,16,17). The summed E-state index contributed by atoms with van der Waals surface area (Å²) in [7, 11) is 3.65. The van der Waals surface area contributed by atoms with Gasteiger partial charge in [-0.25, -0.2) is 0 Å². The van der Waals surface area contributed by atoms with E-state index in [1.807, 2.05) is 0 Å². The number of anilines is 1. The van der Waals surface area contributed by atoms with E-state index in [1.165, 1.54) is 20.0 Å². The first-order chi connectivity index (χ1) is 9.72. The maximum atomic E-state index is 5.59. The number of likely N-dealkylation sites (N-methyl/N-ethyl adjacent to an activating group) is 1. The second kappa shape index (κ2) is 7.23. The molecule has 1 aliphatic rings. The monoisotopic (exact) mass is 281 g/mol. The summed E-state index contributed by atoms with van der Waals surface area (Å²) in [4.78, 5) is 14.7. The number of nitrogens with one attached hydrogen (secondary N) is 1. The summed E-state index contributed by atoms with van der Waals surface area (Å²) in [6.45, 7) is 4.32. The summed E-state index contributed by atoms with van der Waals surface area (Å²) in [5.41, 5.74) is 0. The number of methoxy groups -OCH3 is 1. The van der Waals surface area contributed by atoms with Gasteiger partial charge in [-0.05, 0) is 26.3 Å². The van der Waals surface area contributed by atoms with Crippen LogP contribution < -0.4 is 14.8 Å². The molecule has 0 aromatic carbocycles. The third-order valence-corrected chi connectivity index (χ3v) is 3.16. The van der Waals surface area contributed by atoms with Crippen LogP contribution in [0.3, 0.4) is 0 Å². The molecule has 1 saturated carbocycles. The van der Waals surface area contributed by atoms with E-state index in [0.717, 1.165) is 25.6 Å². The van der Waals surface area contributed by atoms with Crippen molar-refractivity contribution < 1.29 is 9.47 Å². The molecular weight excluding hydrogens is 258 g/mol. The van der Waals surface area contributed by atoms with Crippen molar-refractivity contribution in [3.63, 3.8) is 0 Å². The molecule has 1 aliphatic carbocycles. The molecule has 0 radical (unpaired) electrons. The molecule has 0 unspecified atom stereocenters. The van der Waals surface area contributed by atoms with Crippen LogP contribution in [-0.4, -0.2) is 59.7 Å². The first-order valence-electron chi connectivity index (χ1n) is 7.10. The van der Waals surface area contributed by atoms with Gasteiger partial charge in [0.2, 0.25) is 5.95 Å². The van der Waals surface area contributed by atoms with E-state index >= 15 is 0 Å². The molecule has 0 amide bonds. The fourth-order valence-corrected chi connectivity index (χ4v) is 1.79. The Morgan fingerprint density at radius 1 is 1.25 bits per heavy atom. The van der Waals surface area contributed by atoms with Crippen LogP contribution in [0.4, 0.5) is 5.95 Å². The molecule has 112 valence electrons. The highest BCUT2D eigenvalue weighted by atomic mass is 16.5. The molecule has 7 heteroatoms. The Bertz CT molecular complexity index is 425. The van der Waals surface area contributed by atoms with Crippen molar-refractivity contribution in [2.45, 2.75) is 32.2 Å². The number of aromatic nitrogens is 3. The summed E-state index contributed by atoms with van der Waals surface area (Å²) in [6.07, 6.45) is 3.58. The normalized spacial score (nSPS) is 14.4. The van der Waals surface area contributed by atoms with E-state index in [4.69, 9.17) is 9.47 Å². The minimum Gasteiger partial charge on any atom is -0.467 e. The van der Waals surface area contributed by atoms with Crippen molar-refractivity contribution in [3.8, 4) is 12.0 Å². The summed E-state index contributed by atoms with van der Waals surface area (Å²) in [5.74, 6) is 0.490. The Balaban J connectivity index is 1.87.